The lowest BCUT2D eigenvalue weighted by molar-refractivity contribution is 0.947. The highest BCUT2D eigenvalue weighted by Crippen LogP contribution is 2.03. The summed E-state index contributed by atoms with van der Waals surface area (Å²) in [6, 6.07) is 3.24. The van der Waals surface area contributed by atoms with Crippen LogP contribution in [0.1, 0.15) is 0 Å². The molecule has 2 rings (SSSR count). The molecule has 0 aliphatic rings. The Morgan fingerprint density at radius 2 is 2.36 bits per heavy atom. The van der Waals surface area contributed by atoms with Gasteiger partial charge in [0.2, 0.25) is 5.56 Å². The van der Waals surface area contributed by atoms with Crippen LogP contribution in [-0.2, 0) is 7.05 Å². The smallest absolute Gasteiger partial charge is 0.249 e. The second kappa shape index (κ2) is 1.95. The lowest BCUT2D eigenvalue weighted by Crippen LogP contribution is -2.02. The van der Waals surface area contributed by atoms with E-state index in [0.717, 1.165) is 5.52 Å². The predicted octanol–water partition coefficient (Wildman–Crippen LogP) is 0.262. The molecule has 0 aliphatic carbocycles. The van der Waals surface area contributed by atoms with Crippen molar-refractivity contribution < 1.29 is 0 Å². The number of hydrogen-bond donors (Lipinski definition) is 1. The molecule has 56 valence electrons. The van der Waals surface area contributed by atoms with E-state index in [0.29, 0.717) is 5.65 Å². The third-order valence-electron chi connectivity index (χ3n) is 1.62. The van der Waals surface area contributed by atoms with E-state index >= 15 is 0 Å². The molecule has 11 heavy (non-hydrogen) atoms. The van der Waals surface area contributed by atoms with Crippen molar-refractivity contribution in [1.29, 1.82) is 0 Å². The zero-order chi connectivity index (χ0) is 7.84. The van der Waals surface area contributed by atoms with Gasteiger partial charge in [0.1, 0.15) is 0 Å². The van der Waals surface area contributed by atoms with Gasteiger partial charge in [-0.2, -0.15) is 0 Å². The fourth-order valence-corrected chi connectivity index (χ4v) is 1.05. The van der Waals surface area contributed by atoms with Crippen molar-refractivity contribution in [1.82, 2.24) is 14.5 Å². The number of pyridine rings is 1. The third-order valence-corrected chi connectivity index (χ3v) is 1.62. The quantitative estimate of drug-likeness (QED) is 0.584. The Hall–Kier alpha value is -1.58. The first-order valence-electron chi connectivity index (χ1n) is 3.28. The van der Waals surface area contributed by atoms with Crippen LogP contribution in [0.5, 0.6) is 0 Å². The molecule has 0 aromatic carbocycles. The third kappa shape index (κ3) is 0.832. The van der Waals surface area contributed by atoms with Crippen LogP contribution in [0, 0.1) is 0 Å². The Morgan fingerprint density at radius 1 is 1.55 bits per heavy atom. The molecule has 0 radical (unpaired) electrons. The Kier molecular flexibility index (Phi) is 1.09. The summed E-state index contributed by atoms with van der Waals surface area (Å²) in [6.45, 7) is 0. The minimum absolute atomic E-state index is 0.115. The Balaban J connectivity index is 2.96. The van der Waals surface area contributed by atoms with Crippen molar-refractivity contribution in [3.8, 4) is 0 Å². The van der Waals surface area contributed by atoms with Crippen molar-refractivity contribution in [2.75, 3.05) is 0 Å². The van der Waals surface area contributed by atoms with Gasteiger partial charge in [-0.05, 0) is 6.07 Å². The van der Waals surface area contributed by atoms with E-state index in [-0.39, 0.29) is 5.56 Å². The molecule has 2 aromatic heterocycles. The van der Waals surface area contributed by atoms with Gasteiger partial charge in [0, 0.05) is 13.1 Å². The largest absolute Gasteiger partial charge is 0.332 e. The molecule has 0 unspecified atom stereocenters. The summed E-state index contributed by atoms with van der Waals surface area (Å²) in [4.78, 5) is 17.4. The van der Waals surface area contributed by atoms with Crippen LogP contribution in [0.2, 0.25) is 0 Å². The highest BCUT2D eigenvalue weighted by Gasteiger charge is 1.97. The average Bonchev–Trinajstić information content (AvgIpc) is 2.32. The number of hydrogen-bond acceptors (Lipinski definition) is 2. The lowest BCUT2D eigenvalue weighted by Gasteiger charge is -1.90. The average molecular weight is 149 g/mol. The van der Waals surface area contributed by atoms with E-state index in [9.17, 15) is 4.79 Å². The zero-order valence-electron chi connectivity index (χ0n) is 6.03. The highest BCUT2D eigenvalue weighted by molar-refractivity contribution is 5.69. The normalized spacial score (nSPS) is 10.6. The van der Waals surface area contributed by atoms with Crippen LogP contribution in [0.3, 0.4) is 0 Å². The number of fused-ring (bicyclic) bond motifs is 1. The number of H-pyrrole nitrogens is 1. The summed E-state index contributed by atoms with van der Waals surface area (Å²) in [7, 11) is 1.88. The van der Waals surface area contributed by atoms with Crippen molar-refractivity contribution in [2.24, 2.45) is 7.05 Å². The number of aromatic amines is 1. The van der Waals surface area contributed by atoms with Gasteiger partial charge in [-0.15, -0.1) is 0 Å². The molecule has 0 spiro atoms. The maximum atomic E-state index is 10.8. The van der Waals surface area contributed by atoms with E-state index in [1.54, 1.807) is 12.4 Å². The minimum atomic E-state index is -0.115. The first-order chi connectivity index (χ1) is 5.27. The predicted molar refractivity (Wildman–Crippen MR) is 41.3 cm³/mol. The minimum Gasteiger partial charge on any atom is -0.332 e. The molecule has 2 aromatic rings. The van der Waals surface area contributed by atoms with Gasteiger partial charge in [0.25, 0.3) is 0 Å². The molecule has 4 heteroatoms. The highest BCUT2D eigenvalue weighted by atomic mass is 16.1. The topological polar surface area (TPSA) is 50.7 Å². The number of nitrogens with zero attached hydrogens (tertiary/aromatic N) is 2. The summed E-state index contributed by atoms with van der Waals surface area (Å²) >= 11 is 0. The van der Waals surface area contributed by atoms with E-state index in [1.807, 2.05) is 11.6 Å². The number of aryl methyl sites for hydroxylation is 1. The van der Waals surface area contributed by atoms with Crippen LogP contribution in [0.4, 0.5) is 0 Å². The van der Waals surface area contributed by atoms with Crippen LogP contribution in [0.25, 0.3) is 11.2 Å². The molecular weight excluding hydrogens is 142 g/mol. The maximum absolute atomic E-state index is 10.8. The number of rotatable bonds is 0. The van der Waals surface area contributed by atoms with Crippen molar-refractivity contribution in [2.45, 2.75) is 0 Å². The van der Waals surface area contributed by atoms with E-state index in [4.69, 9.17) is 0 Å². The summed E-state index contributed by atoms with van der Waals surface area (Å²) in [6.07, 6.45) is 1.67. The second-order valence-electron chi connectivity index (χ2n) is 2.41. The van der Waals surface area contributed by atoms with Gasteiger partial charge >= 0.3 is 0 Å². The molecule has 1 N–H and O–H groups in total. The molecule has 0 aliphatic heterocycles. The molecule has 0 amide bonds. The monoisotopic (exact) mass is 149 g/mol. The van der Waals surface area contributed by atoms with Crippen molar-refractivity contribution >= 4 is 11.2 Å². The van der Waals surface area contributed by atoms with Crippen molar-refractivity contribution in [3.63, 3.8) is 0 Å². The van der Waals surface area contributed by atoms with Gasteiger partial charge in [-0.3, -0.25) is 4.79 Å². The van der Waals surface area contributed by atoms with Crippen LogP contribution in [-0.4, -0.2) is 14.5 Å². The van der Waals surface area contributed by atoms with Crippen molar-refractivity contribution in [3.05, 3.63) is 28.8 Å². The van der Waals surface area contributed by atoms with E-state index in [2.05, 4.69) is 9.97 Å². The van der Waals surface area contributed by atoms with E-state index < -0.39 is 0 Å². The molecule has 0 bridgehead atoms. The maximum Gasteiger partial charge on any atom is 0.249 e. The SMILES string of the molecule is Cn1cnc2[nH]c(=O)ccc21. The molecule has 0 saturated carbocycles. The summed E-state index contributed by atoms with van der Waals surface area (Å²) < 4.78 is 1.85. The fraction of sp³-hybridized carbons (Fsp3) is 0.143. The first-order valence-corrected chi connectivity index (χ1v) is 3.28. The van der Waals surface area contributed by atoms with Gasteiger partial charge in [0.15, 0.2) is 5.65 Å². The molecular formula is C7H7N3O. The molecule has 4 nitrogen and oxygen atoms in total. The van der Waals surface area contributed by atoms with Gasteiger partial charge in [0.05, 0.1) is 11.8 Å². The second-order valence-corrected chi connectivity index (χ2v) is 2.41. The summed E-state index contributed by atoms with van der Waals surface area (Å²) in [5.74, 6) is 0. The Morgan fingerprint density at radius 3 is 3.18 bits per heavy atom. The number of aromatic nitrogens is 3. The Bertz CT molecular complexity index is 440. The first kappa shape index (κ1) is 6.15. The van der Waals surface area contributed by atoms with Crippen LogP contribution in [0.15, 0.2) is 23.3 Å². The van der Waals surface area contributed by atoms with Gasteiger partial charge < -0.3 is 9.55 Å². The van der Waals surface area contributed by atoms with E-state index in [1.165, 1.54) is 6.07 Å². The molecule has 0 fully saturated rings. The Labute approximate surface area is 62.5 Å². The summed E-state index contributed by atoms with van der Waals surface area (Å²) in [5, 5.41) is 0. The number of imidazole rings is 1. The number of nitrogens with one attached hydrogen (secondary N) is 1. The molecule has 0 atom stereocenters. The molecule has 0 saturated heterocycles. The van der Waals surface area contributed by atoms with Crippen LogP contribution >= 0.6 is 0 Å². The van der Waals surface area contributed by atoms with Gasteiger partial charge in [-0.1, -0.05) is 0 Å². The fourth-order valence-electron chi connectivity index (χ4n) is 1.05. The standard InChI is InChI=1S/C7H7N3O/c1-10-4-8-7-5(10)2-3-6(11)9-7/h2-4H,1H3,(H,9,11). The summed E-state index contributed by atoms with van der Waals surface area (Å²) in [5.41, 5.74) is 1.46. The van der Waals surface area contributed by atoms with Gasteiger partial charge in [-0.25, -0.2) is 4.98 Å². The van der Waals surface area contributed by atoms with Crippen LogP contribution < -0.4 is 5.56 Å². The molecule has 2 heterocycles. The zero-order valence-corrected chi connectivity index (χ0v) is 6.03. The lowest BCUT2D eigenvalue weighted by atomic mass is 10.4.